The Morgan fingerprint density at radius 2 is 1.73 bits per heavy atom. The van der Waals surface area contributed by atoms with E-state index in [0.717, 1.165) is 18.1 Å². The van der Waals surface area contributed by atoms with E-state index >= 15 is 0 Å². The second-order valence-electron chi connectivity index (χ2n) is 4.91. The normalized spacial score (nSPS) is 10.8. The molecule has 0 aliphatic carbocycles. The molecule has 112 valence electrons. The minimum atomic E-state index is 0.225. The van der Waals surface area contributed by atoms with Crippen molar-refractivity contribution >= 4 is 11.8 Å². The van der Waals surface area contributed by atoms with Gasteiger partial charge in [-0.3, -0.25) is 0 Å². The number of thioether (sulfide) groups is 1. The summed E-state index contributed by atoms with van der Waals surface area (Å²) >= 11 is 1.56. The zero-order valence-electron chi connectivity index (χ0n) is 12.3. The van der Waals surface area contributed by atoms with Crippen LogP contribution in [0.5, 0.6) is 5.75 Å². The van der Waals surface area contributed by atoms with Crippen LogP contribution in [0, 0.1) is 0 Å². The average molecular weight is 311 g/mol. The summed E-state index contributed by atoms with van der Waals surface area (Å²) in [4.78, 5) is 0. The topological polar surface area (TPSA) is 50.9 Å². The number of aromatic nitrogens is 3. The van der Waals surface area contributed by atoms with Crippen LogP contribution in [-0.2, 0) is 13.0 Å². The molecule has 22 heavy (non-hydrogen) atoms. The van der Waals surface area contributed by atoms with Crippen LogP contribution in [0.2, 0.25) is 0 Å². The molecule has 0 fully saturated rings. The van der Waals surface area contributed by atoms with Gasteiger partial charge < -0.3 is 9.67 Å². The predicted octanol–water partition coefficient (Wildman–Crippen LogP) is 3.62. The molecule has 3 rings (SSSR count). The van der Waals surface area contributed by atoms with E-state index in [1.807, 2.05) is 36.6 Å². The highest BCUT2D eigenvalue weighted by Gasteiger charge is 2.15. The highest BCUT2D eigenvalue weighted by atomic mass is 32.2. The fraction of sp³-hybridized carbons (Fsp3) is 0.176. The van der Waals surface area contributed by atoms with Crippen molar-refractivity contribution in [1.82, 2.24) is 14.8 Å². The molecule has 1 aromatic heterocycles. The molecule has 1 N–H and O–H groups in total. The highest BCUT2D eigenvalue weighted by Crippen LogP contribution is 2.29. The van der Waals surface area contributed by atoms with Crippen molar-refractivity contribution in [3.8, 4) is 17.1 Å². The van der Waals surface area contributed by atoms with Gasteiger partial charge in [-0.15, -0.1) is 10.2 Å². The molecule has 0 saturated carbocycles. The first-order valence-electron chi connectivity index (χ1n) is 7.09. The summed E-state index contributed by atoms with van der Waals surface area (Å²) in [5.41, 5.74) is 1.98. The molecule has 0 atom stereocenters. The van der Waals surface area contributed by atoms with Gasteiger partial charge in [-0.2, -0.15) is 0 Å². The minimum Gasteiger partial charge on any atom is -0.507 e. The highest BCUT2D eigenvalue weighted by molar-refractivity contribution is 7.98. The molecule has 0 bridgehead atoms. The van der Waals surface area contributed by atoms with Crippen LogP contribution in [0.3, 0.4) is 0 Å². The lowest BCUT2D eigenvalue weighted by Crippen LogP contribution is -2.05. The summed E-state index contributed by atoms with van der Waals surface area (Å²) in [6, 6.07) is 17.6. The Balaban J connectivity index is 1.93. The van der Waals surface area contributed by atoms with Crippen molar-refractivity contribution in [3.05, 3.63) is 60.2 Å². The van der Waals surface area contributed by atoms with Crippen molar-refractivity contribution in [2.24, 2.45) is 0 Å². The van der Waals surface area contributed by atoms with Crippen molar-refractivity contribution in [2.75, 3.05) is 6.26 Å². The maximum atomic E-state index is 10.1. The number of hydrogen-bond acceptors (Lipinski definition) is 4. The smallest absolute Gasteiger partial charge is 0.191 e. The average Bonchev–Trinajstić information content (AvgIpc) is 2.97. The number of hydrogen-bond donors (Lipinski definition) is 1. The van der Waals surface area contributed by atoms with Gasteiger partial charge in [-0.05, 0) is 30.4 Å². The first kappa shape index (κ1) is 14.7. The van der Waals surface area contributed by atoms with Crippen molar-refractivity contribution in [2.45, 2.75) is 18.1 Å². The standard InChI is InChI=1S/C17H17N3OS/c1-22-17-19-18-16(14-9-5-6-10-15(14)21)20(17)12-11-13-7-3-2-4-8-13/h2-10,21H,11-12H2,1H3. The van der Waals surface area contributed by atoms with Gasteiger partial charge in [0.15, 0.2) is 11.0 Å². The number of rotatable bonds is 5. The van der Waals surface area contributed by atoms with Gasteiger partial charge >= 0.3 is 0 Å². The molecular weight excluding hydrogens is 294 g/mol. The van der Waals surface area contributed by atoms with Crippen LogP contribution >= 0.6 is 11.8 Å². The number of phenols is 1. The summed E-state index contributed by atoms with van der Waals surface area (Å²) in [6.45, 7) is 0.775. The van der Waals surface area contributed by atoms with E-state index in [-0.39, 0.29) is 5.75 Å². The molecule has 4 nitrogen and oxygen atoms in total. The zero-order chi connectivity index (χ0) is 15.4. The number of para-hydroxylation sites is 1. The van der Waals surface area contributed by atoms with Crippen LogP contribution in [0.15, 0.2) is 59.8 Å². The fourth-order valence-electron chi connectivity index (χ4n) is 2.39. The van der Waals surface area contributed by atoms with E-state index in [4.69, 9.17) is 0 Å². The lowest BCUT2D eigenvalue weighted by molar-refractivity contribution is 0.476. The number of aromatic hydroxyl groups is 1. The molecular formula is C17H17N3OS. The Morgan fingerprint density at radius 1 is 1.00 bits per heavy atom. The van der Waals surface area contributed by atoms with E-state index in [1.54, 1.807) is 23.9 Å². The Morgan fingerprint density at radius 3 is 2.45 bits per heavy atom. The van der Waals surface area contributed by atoms with Gasteiger partial charge in [0, 0.05) is 6.54 Å². The lowest BCUT2D eigenvalue weighted by atomic mass is 10.1. The van der Waals surface area contributed by atoms with E-state index in [1.165, 1.54) is 5.56 Å². The molecule has 0 amide bonds. The minimum absolute atomic E-state index is 0.225. The van der Waals surface area contributed by atoms with Gasteiger partial charge in [-0.25, -0.2) is 0 Å². The second kappa shape index (κ2) is 6.66. The zero-order valence-corrected chi connectivity index (χ0v) is 13.1. The van der Waals surface area contributed by atoms with Crippen LogP contribution in [0.1, 0.15) is 5.56 Å². The van der Waals surface area contributed by atoms with Crippen LogP contribution in [0.4, 0.5) is 0 Å². The largest absolute Gasteiger partial charge is 0.507 e. The summed E-state index contributed by atoms with van der Waals surface area (Å²) in [6.07, 6.45) is 2.88. The Bertz CT molecular complexity index is 756. The summed E-state index contributed by atoms with van der Waals surface area (Å²) in [5, 5.41) is 19.4. The Labute approximate surface area is 133 Å². The first-order valence-corrected chi connectivity index (χ1v) is 8.31. The lowest BCUT2D eigenvalue weighted by Gasteiger charge is -2.10. The monoisotopic (exact) mass is 311 g/mol. The van der Waals surface area contributed by atoms with Crippen molar-refractivity contribution in [1.29, 1.82) is 0 Å². The van der Waals surface area contributed by atoms with Crippen molar-refractivity contribution < 1.29 is 5.11 Å². The second-order valence-corrected chi connectivity index (χ2v) is 5.69. The van der Waals surface area contributed by atoms with Gasteiger partial charge in [-0.1, -0.05) is 54.2 Å². The molecule has 3 aromatic rings. The van der Waals surface area contributed by atoms with Gasteiger partial charge in [0.25, 0.3) is 0 Å². The molecule has 0 radical (unpaired) electrons. The van der Waals surface area contributed by atoms with E-state index in [9.17, 15) is 5.11 Å². The van der Waals surface area contributed by atoms with E-state index < -0.39 is 0 Å². The predicted molar refractivity (Wildman–Crippen MR) is 89.0 cm³/mol. The number of phenolic OH excluding ortho intramolecular Hbond substituents is 1. The van der Waals surface area contributed by atoms with Gasteiger partial charge in [0.1, 0.15) is 5.75 Å². The summed E-state index contributed by atoms with van der Waals surface area (Å²) < 4.78 is 2.06. The number of aryl methyl sites for hydroxylation is 1. The maximum Gasteiger partial charge on any atom is 0.191 e. The molecule has 5 heteroatoms. The molecule has 0 spiro atoms. The molecule has 0 saturated heterocycles. The molecule has 1 heterocycles. The van der Waals surface area contributed by atoms with Crippen LogP contribution in [0.25, 0.3) is 11.4 Å². The third kappa shape index (κ3) is 2.99. The Hall–Kier alpha value is -2.27. The first-order chi connectivity index (χ1) is 10.8. The van der Waals surface area contributed by atoms with E-state index in [0.29, 0.717) is 11.4 Å². The maximum absolute atomic E-state index is 10.1. The van der Waals surface area contributed by atoms with Gasteiger partial charge in [0.2, 0.25) is 0 Å². The van der Waals surface area contributed by atoms with E-state index in [2.05, 4.69) is 26.9 Å². The van der Waals surface area contributed by atoms with Crippen LogP contribution < -0.4 is 0 Å². The number of nitrogens with zero attached hydrogens (tertiary/aromatic N) is 3. The summed E-state index contributed by atoms with van der Waals surface area (Å²) in [5.74, 6) is 0.932. The molecule has 0 unspecified atom stereocenters. The molecule has 0 aliphatic heterocycles. The van der Waals surface area contributed by atoms with Crippen LogP contribution in [-0.4, -0.2) is 26.1 Å². The molecule has 2 aromatic carbocycles. The third-order valence-corrected chi connectivity index (χ3v) is 4.18. The van der Waals surface area contributed by atoms with Gasteiger partial charge in [0.05, 0.1) is 5.56 Å². The quantitative estimate of drug-likeness (QED) is 0.731. The summed E-state index contributed by atoms with van der Waals surface area (Å²) in [7, 11) is 0. The fourth-order valence-corrected chi connectivity index (χ4v) is 2.91. The van der Waals surface area contributed by atoms with Crippen molar-refractivity contribution in [3.63, 3.8) is 0 Å². The third-order valence-electron chi connectivity index (χ3n) is 3.51. The molecule has 0 aliphatic rings. The number of benzene rings is 2. The Kier molecular flexibility index (Phi) is 4.44. The SMILES string of the molecule is CSc1nnc(-c2ccccc2O)n1CCc1ccccc1.